The molecule has 0 spiro atoms. The Morgan fingerprint density at radius 1 is 1.21 bits per heavy atom. The maximum Gasteiger partial charge on any atom is 0.246 e. The summed E-state index contributed by atoms with van der Waals surface area (Å²) in [5, 5.41) is 15.9. The summed E-state index contributed by atoms with van der Waals surface area (Å²) in [7, 11) is 0. The molecule has 0 saturated heterocycles. The van der Waals surface area contributed by atoms with E-state index in [1.54, 1.807) is 24.3 Å². The van der Waals surface area contributed by atoms with Gasteiger partial charge in [0, 0.05) is 10.9 Å². The summed E-state index contributed by atoms with van der Waals surface area (Å²) in [5.74, 6) is -0.0816. The Kier molecular flexibility index (Phi) is 4.98. The van der Waals surface area contributed by atoms with Crippen molar-refractivity contribution in [1.29, 1.82) is 0 Å². The zero-order chi connectivity index (χ0) is 16.8. The number of carbonyl (C=O) groups is 1. The van der Waals surface area contributed by atoms with E-state index in [0.717, 1.165) is 16.3 Å². The van der Waals surface area contributed by atoms with E-state index in [4.69, 9.17) is 0 Å². The number of hydrogen-bond acceptors (Lipinski definition) is 5. The van der Waals surface area contributed by atoms with E-state index in [0.29, 0.717) is 5.56 Å². The van der Waals surface area contributed by atoms with E-state index in [-0.39, 0.29) is 18.1 Å². The number of phenols is 1. The van der Waals surface area contributed by atoms with Gasteiger partial charge in [0.05, 0.1) is 18.3 Å². The second-order valence-corrected chi connectivity index (χ2v) is 6.00. The molecule has 3 aromatic rings. The summed E-state index contributed by atoms with van der Waals surface area (Å²) in [5.41, 5.74) is 5.07. The third-order valence-electron chi connectivity index (χ3n) is 3.21. The van der Waals surface area contributed by atoms with Crippen LogP contribution < -0.4 is 5.43 Å². The van der Waals surface area contributed by atoms with Crippen molar-refractivity contribution in [2.75, 3.05) is 0 Å². The monoisotopic (exact) mass is 337 g/mol. The highest BCUT2D eigenvalue weighted by Crippen LogP contribution is 2.21. The number of hydrogen-bond donors (Lipinski definition) is 2. The fraction of sp³-hybridized carbons (Fsp3) is 0.0556. The SMILES string of the molecule is O=C(Cc1nc(-c2ccccc2)cs1)N/N=C\c1cccc(O)c1. The lowest BCUT2D eigenvalue weighted by Gasteiger charge is -1.98. The van der Waals surface area contributed by atoms with Gasteiger partial charge in [0.25, 0.3) is 0 Å². The maximum absolute atomic E-state index is 11.9. The van der Waals surface area contributed by atoms with E-state index >= 15 is 0 Å². The van der Waals surface area contributed by atoms with Crippen molar-refractivity contribution >= 4 is 23.5 Å². The average Bonchev–Trinajstić information content (AvgIpc) is 3.04. The minimum absolute atomic E-state index is 0.154. The van der Waals surface area contributed by atoms with Gasteiger partial charge in [-0.15, -0.1) is 11.3 Å². The first-order valence-electron chi connectivity index (χ1n) is 7.31. The van der Waals surface area contributed by atoms with Gasteiger partial charge >= 0.3 is 0 Å². The van der Waals surface area contributed by atoms with Crippen LogP contribution in [0.2, 0.25) is 0 Å². The van der Waals surface area contributed by atoms with Gasteiger partial charge in [-0.25, -0.2) is 10.4 Å². The Balaban J connectivity index is 1.57. The zero-order valence-corrected chi connectivity index (χ0v) is 13.5. The molecule has 0 saturated carbocycles. The van der Waals surface area contributed by atoms with Gasteiger partial charge in [0.15, 0.2) is 0 Å². The van der Waals surface area contributed by atoms with Crippen LogP contribution in [-0.4, -0.2) is 22.2 Å². The summed E-state index contributed by atoms with van der Waals surface area (Å²) in [6.07, 6.45) is 1.66. The van der Waals surface area contributed by atoms with E-state index < -0.39 is 0 Å². The lowest BCUT2D eigenvalue weighted by molar-refractivity contribution is -0.120. The van der Waals surface area contributed by atoms with Gasteiger partial charge in [-0.1, -0.05) is 42.5 Å². The van der Waals surface area contributed by atoms with Crippen LogP contribution in [0.3, 0.4) is 0 Å². The number of aromatic hydroxyl groups is 1. The molecule has 0 radical (unpaired) electrons. The largest absolute Gasteiger partial charge is 0.508 e. The predicted molar refractivity (Wildman–Crippen MR) is 95.1 cm³/mol. The van der Waals surface area contributed by atoms with E-state index in [9.17, 15) is 9.90 Å². The second-order valence-electron chi connectivity index (χ2n) is 5.06. The van der Waals surface area contributed by atoms with Gasteiger partial charge in [0.2, 0.25) is 5.91 Å². The quantitative estimate of drug-likeness (QED) is 0.554. The number of thiazole rings is 1. The number of amides is 1. The van der Waals surface area contributed by atoms with Crippen molar-refractivity contribution in [2.24, 2.45) is 5.10 Å². The number of phenolic OH excluding ortho intramolecular Hbond substituents is 1. The summed E-state index contributed by atoms with van der Waals surface area (Å²) < 4.78 is 0. The fourth-order valence-corrected chi connectivity index (χ4v) is 2.90. The third-order valence-corrected chi connectivity index (χ3v) is 4.05. The number of aromatic nitrogens is 1. The lowest BCUT2D eigenvalue weighted by Crippen LogP contribution is -2.19. The van der Waals surface area contributed by atoms with E-state index in [1.807, 2.05) is 35.7 Å². The highest BCUT2D eigenvalue weighted by molar-refractivity contribution is 7.10. The van der Waals surface area contributed by atoms with Crippen molar-refractivity contribution in [3.63, 3.8) is 0 Å². The van der Waals surface area contributed by atoms with Gasteiger partial charge in [-0.2, -0.15) is 5.10 Å². The number of carbonyl (C=O) groups excluding carboxylic acids is 1. The first-order valence-corrected chi connectivity index (χ1v) is 8.19. The number of rotatable bonds is 5. The third kappa shape index (κ3) is 4.27. The van der Waals surface area contributed by atoms with Gasteiger partial charge < -0.3 is 5.11 Å². The Morgan fingerprint density at radius 2 is 2.04 bits per heavy atom. The summed E-state index contributed by atoms with van der Waals surface area (Å²) in [4.78, 5) is 16.4. The first-order chi connectivity index (χ1) is 11.7. The molecule has 2 N–H and O–H groups in total. The first kappa shape index (κ1) is 15.9. The van der Waals surface area contributed by atoms with Crippen LogP contribution in [0.5, 0.6) is 5.75 Å². The highest BCUT2D eigenvalue weighted by atomic mass is 32.1. The van der Waals surface area contributed by atoms with Gasteiger partial charge in [-0.05, 0) is 17.7 Å². The van der Waals surface area contributed by atoms with Crippen LogP contribution >= 0.6 is 11.3 Å². The summed E-state index contributed by atoms with van der Waals surface area (Å²) in [6.45, 7) is 0. The molecule has 24 heavy (non-hydrogen) atoms. The van der Waals surface area contributed by atoms with Gasteiger partial charge in [0.1, 0.15) is 10.8 Å². The van der Waals surface area contributed by atoms with Crippen LogP contribution in [0.15, 0.2) is 65.1 Å². The molecule has 0 fully saturated rings. The molecule has 120 valence electrons. The molecule has 0 unspecified atom stereocenters. The van der Waals surface area contributed by atoms with Crippen LogP contribution in [0.4, 0.5) is 0 Å². The molecule has 5 nitrogen and oxygen atoms in total. The number of nitrogens with zero attached hydrogens (tertiary/aromatic N) is 2. The molecule has 1 aromatic heterocycles. The maximum atomic E-state index is 11.9. The van der Waals surface area contributed by atoms with Crippen LogP contribution in [-0.2, 0) is 11.2 Å². The van der Waals surface area contributed by atoms with Crippen LogP contribution in [0.25, 0.3) is 11.3 Å². The average molecular weight is 337 g/mol. The van der Waals surface area contributed by atoms with E-state index in [2.05, 4.69) is 15.5 Å². The van der Waals surface area contributed by atoms with Crippen molar-refractivity contribution in [3.05, 3.63) is 70.5 Å². The molecule has 0 aliphatic carbocycles. The molecule has 3 rings (SSSR count). The molecule has 0 aliphatic heterocycles. The van der Waals surface area contributed by atoms with Crippen LogP contribution in [0.1, 0.15) is 10.6 Å². The molecular weight excluding hydrogens is 322 g/mol. The number of benzene rings is 2. The van der Waals surface area contributed by atoms with E-state index in [1.165, 1.54) is 17.6 Å². The van der Waals surface area contributed by atoms with Crippen molar-refractivity contribution in [1.82, 2.24) is 10.4 Å². The normalized spacial score (nSPS) is 10.8. The smallest absolute Gasteiger partial charge is 0.246 e. The van der Waals surface area contributed by atoms with Gasteiger partial charge in [-0.3, -0.25) is 4.79 Å². The molecule has 0 aliphatic rings. The molecule has 1 amide bonds. The molecular formula is C18H15N3O2S. The molecule has 1 heterocycles. The van der Waals surface area contributed by atoms with Crippen molar-refractivity contribution in [3.8, 4) is 17.0 Å². The minimum Gasteiger partial charge on any atom is -0.508 e. The molecule has 2 aromatic carbocycles. The minimum atomic E-state index is -0.236. The van der Waals surface area contributed by atoms with Crippen LogP contribution in [0, 0.1) is 0 Å². The molecule has 6 heteroatoms. The topological polar surface area (TPSA) is 74.6 Å². The van der Waals surface area contributed by atoms with Crippen molar-refractivity contribution < 1.29 is 9.90 Å². The number of hydrazone groups is 1. The fourth-order valence-electron chi connectivity index (χ4n) is 2.09. The predicted octanol–water partition coefficient (Wildman–Crippen LogP) is 3.21. The zero-order valence-electron chi connectivity index (χ0n) is 12.7. The Bertz CT molecular complexity index is 859. The summed E-state index contributed by atoms with van der Waals surface area (Å²) >= 11 is 1.45. The molecule has 0 bridgehead atoms. The second kappa shape index (κ2) is 7.52. The molecule has 0 atom stereocenters. The summed E-state index contributed by atoms with van der Waals surface area (Å²) in [6, 6.07) is 16.5. The standard InChI is InChI=1S/C18H15N3O2S/c22-15-8-4-5-13(9-15)11-19-21-17(23)10-18-20-16(12-24-18)14-6-2-1-3-7-14/h1-9,11-12,22H,10H2,(H,21,23)/b19-11-. The Hall–Kier alpha value is -2.99. The lowest BCUT2D eigenvalue weighted by atomic mass is 10.2. The highest BCUT2D eigenvalue weighted by Gasteiger charge is 2.08. The Morgan fingerprint density at radius 3 is 2.83 bits per heavy atom. The Labute approximate surface area is 143 Å². The van der Waals surface area contributed by atoms with Crippen molar-refractivity contribution in [2.45, 2.75) is 6.42 Å². The number of nitrogens with one attached hydrogen (secondary N) is 1.